The first-order valence-corrected chi connectivity index (χ1v) is 6.62. The molecule has 0 spiro atoms. The molecule has 0 saturated heterocycles. The third-order valence-corrected chi connectivity index (χ3v) is 4.61. The van der Waals surface area contributed by atoms with Crippen LogP contribution in [-0.2, 0) is 0 Å². The van der Waals surface area contributed by atoms with Crippen molar-refractivity contribution in [2.45, 2.75) is 63.8 Å². The van der Waals surface area contributed by atoms with Crippen LogP contribution in [-0.4, -0.2) is 12.6 Å². The molecule has 0 bridgehead atoms. The van der Waals surface area contributed by atoms with E-state index < -0.39 is 0 Å². The van der Waals surface area contributed by atoms with Crippen LogP contribution in [0.2, 0.25) is 0 Å². The van der Waals surface area contributed by atoms with E-state index in [1.165, 1.54) is 64.3 Å². The van der Waals surface area contributed by atoms with Gasteiger partial charge in [-0.15, -0.1) is 0 Å². The summed E-state index contributed by atoms with van der Waals surface area (Å²) in [6.45, 7) is 1.35. The van der Waals surface area contributed by atoms with Crippen molar-refractivity contribution in [2.24, 2.45) is 11.3 Å². The van der Waals surface area contributed by atoms with E-state index in [0.29, 0.717) is 0 Å². The zero-order valence-electron chi connectivity index (χ0n) is 9.23. The molecule has 0 amide bonds. The van der Waals surface area contributed by atoms with Crippen molar-refractivity contribution in [1.82, 2.24) is 5.32 Å². The highest BCUT2D eigenvalue weighted by molar-refractivity contribution is 4.98. The van der Waals surface area contributed by atoms with E-state index in [2.05, 4.69) is 5.32 Å². The van der Waals surface area contributed by atoms with Gasteiger partial charge >= 0.3 is 0 Å². The summed E-state index contributed by atoms with van der Waals surface area (Å²) in [6, 6.07) is 0.910. The summed E-state index contributed by atoms with van der Waals surface area (Å²) in [7, 11) is 0. The van der Waals surface area contributed by atoms with Crippen LogP contribution in [0.25, 0.3) is 0 Å². The molecule has 14 heavy (non-hydrogen) atoms. The quantitative estimate of drug-likeness (QED) is 0.723. The van der Waals surface area contributed by atoms with Crippen LogP contribution in [0.15, 0.2) is 0 Å². The van der Waals surface area contributed by atoms with Crippen molar-refractivity contribution in [3.8, 4) is 0 Å². The molecule has 0 aromatic carbocycles. The first-order chi connectivity index (χ1) is 6.89. The summed E-state index contributed by atoms with van der Waals surface area (Å²) < 4.78 is 0. The molecule has 1 heteroatoms. The highest BCUT2D eigenvalue weighted by Gasteiger charge is 2.45. The van der Waals surface area contributed by atoms with E-state index >= 15 is 0 Å². The maximum Gasteiger partial charge on any atom is 0.00684 e. The normalized spacial score (nSPS) is 31.7. The minimum Gasteiger partial charge on any atom is -0.313 e. The highest BCUT2D eigenvalue weighted by atomic mass is 15.0. The van der Waals surface area contributed by atoms with E-state index in [1.54, 1.807) is 0 Å². The molecule has 3 aliphatic rings. The Balaban J connectivity index is 1.60. The monoisotopic (exact) mass is 193 g/mol. The van der Waals surface area contributed by atoms with Crippen LogP contribution in [0.5, 0.6) is 0 Å². The Bertz CT molecular complexity index is 197. The van der Waals surface area contributed by atoms with E-state index in [1.807, 2.05) is 0 Å². The first-order valence-electron chi connectivity index (χ1n) is 6.62. The lowest BCUT2D eigenvalue weighted by atomic mass is 9.70. The maximum atomic E-state index is 3.79. The summed E-state index contributed by atoms with van der Waals surface area (Å²) >= 11 is 0. The van der Waals surface area contributed by atoms with Crippen molar-refractivity contribution in [3.63, 3.8) is 0 Å². The van der Waals surface area contributed by atoms with Gasteiger partial charge in [0, 0.05) is 12.6 Å². The van der Waals surface area contributed by atoms with Gasteiger partial charge in [0.25, 0.3) is 0 Å². The Morgan fingerprint density at radius 1 is 0.929 bits per heavy atom. The molecule has 0 heterocycles. The van der Waals surface area contributed by atoms with Gasteiger partial charge in [0.2, 0.25) is 0 Å². The third-order valence-electron chi connectivity index (χ3n) is 4.61. The predicted octanol–water partition coefficient (Wildman–Crippen LogP) is 3.10. The molecule has 0 atom stereocenters. The SMILES string of the molecule is C1CCC(CNC2CC2)(C2CC2)CC1. The summed E-state index contributed by atoms with van der Waals surface area (Å²) in [4.78, 5) is 0. The fourth-order valence-electron chi connectivity index (χ4n) is 3.32. The minimum atomic E-state index is 0.751. The van der Waals surface area contributed by atoms with Gasteiger partial charge < -0.3 is 5.32 Å². The van der Waals surface area contributed by atoms with E-state index in [4.69, 9.17) is 0 Å². The molecule has 0 aromatic heterocycles. The highest BCUT2D eigenvalue weighted by Crippen LogP contribution is 2.53. The van der Waals surface area contributed by atoms with Crippen molar-refractivity contribution in [2.75, 3.05) is 6.54 Å². The lowest BCUT2D eigenvalue weighted by Gasteiger charge is -2.38. The number of nitrogens with one attached hydrogen (secondary N) is 1. The number of hydrogen-bond donors (Lipinski definition) is 1. The molecule has 3 aliphatic carbocycles. The molecule has 0 radical (unpaired) electrons. The second-order valence-electron chi connectivity index (χ2n) is 5.85. The summed E-state index contributed by atoms with van der Waals surface area (Å²) in [5.41, 5.74) is 0.751. The summed E-state index contributed by atoms with van der Waals surface area (Å²) in [5, 5.41) is 3.79. The van der Waals surface area contributed by atoms with Gasteiger partial charge in [-0.1, -0.05) is 19.3 Å². The molecule has 3 saturated carbocycles. The number of rotatable bonds is 4. The Morgan fingerprint density at radius 2 is 1.64 bits per heavy atom. The smallest absolute Gasteiger partial charge is 0.00684 e. The Kier molecular flexibility index (Phi) is 2.31. The first kappa shape index (κ1) is 9.21. The average Bonchev–Trinajstić information content (AvgIpc) is 3.06. The molecule has 3 fully saturated rings. The zero-order valence-corrected chi connectivity index (χ0v) is 9.23. The molecule has 1 N–H and O–H groups in total. The van der Waals surface area contributed by atoms with Crippen LogP contribution < -0.4 is 5.32 Å². The van der Waals surface area contributed by atoms with Crippen LogP contribution in [0, 0.1) is 11.3 Å². The average molecular weight is 193 g/mol. The largest absolute Gasteiger partial charge is 0.313 e. The van der Waals surface area contributed by atoms with Crippen LogP contribution in [0.4, 0.5) is 0 Å². The Hall–Kier alpha value is -0.0400. The van der Waals surface area contributed by atoms with Gasteiger partial charge in [-0.3, -0.25) is 0 Å². The van der Waals surface area contributed by atoms with Crippen molar-refractivity contribution < 1.29 is 0 Å². The second-order valence-corrected chi connectivity index (χ2v) is 5.85. The van der Waals surface area contributed by atoms with Crippen LogP contribution >= 0.6 is 0 Å². The van der Waals surface area contributed by atoms with Crippen LogP contribution in [0.3, 0.4) is 0 Å². The molecule has 0 aromatic rings. The van der Waals surface area contributed by atoms with Gasteiger partial charge in [-0.05, 0) is 49.9 Å². The topological polar surface area (TPSA) is 12.0 Å². The molecule has 80 valence electrons. The van der Waals surface area contributed by atoms with E-state index in [9.17, 15) is 0 Å². The van der Waals surface area contributed by atoms with Gasteiger partial charge in [0.1, 0.15) is 0 Å². The van der Waals surface area contributed by atoms with Gasteiger partial charge in [-0.2, -0.15) is 0 Å². The van der Waals surface area contributed by atoms with E-state index in [0.717, 1.165) is 17.4 Å². The fraction of sp³-hybridized carbons (Fsp3) is 1.00. The summed E-state index contributed by atoms with van der Waals surface area (Å²) in [5.74, 6) is 1.11. The fourth-order valence-corrected chi connectivity index (χ4v) is 3.32. The second kappa shape index (κ2) is 3.52. The van der Waals surface area contributed by atoms with Gasteiger partial charge in [0.15, 0.2) is 0 Å². The third kappa shape index (κ3) is 1.84. The van der Waals surface area contributed by atoms with Gasteiger partial charge in [0.05, 0.1) is 0 Å². The Morgan fingerprint density at radius 3 is 2.21 bits per heavy atom. The maximum absolute atomic E-state index is 3.79. The lowest BCUT2D eigenvalue weighted by Crippen LogP contribution is -2.38. The molecule has 0 aliphatic heterocycles. The number of hydrogen-bond acceptors (Lipinski definition) is 1. The zero-order chi connectivity index (χ0) is 9.43. The van der Waals surface area contributed by atoms with Crippen molar-refractivity contribution >= 4 is 0 Å². The minimum absolute atomic E-state index is 0.751. The van der Waals surface area contributed by atoms with E-state index in [-0.39, 0.29) is 0 Å². The predicted molar refractivity (Wildman–Crippen MR) is 59.3 cm³/mol. The van der Waals surface area contributed by atoms with Crippen LogP contribution in [0.1, 0.15) is 57.8 Å². The lowest BCUT2D eigenvalue weighted by molar-refractivity contribution is 0.148. The Labute approximate surface area is 87.7 Å². The van der Waals surface area contributed by atoms with Crippen molar-refractivity contribution in [1.29, 1.82) is 0 Å². The molecular weight excluding hydrogens is 170 g/mol. The molecular formula is C13H23N. The molecule has 3 rings (SSSR count). The standard InChI is InChI=1S/C13H23N/c1-2-8-13(9-3-1,11-4-5-11)10-14-12-6-7-12/h11-12,14H,1-10H2. The summed E-state index contributed by atoms with van der Waals surface area (Å²) in [6.07, 6.45) is 13.5. The molecule has 1 nitrogen and oxygen atoms in total. The van der Waals surface area contributed by atoms with Crippen molar-refractivity contribution in [3.05, 3.63) is 0 Å². The molecule has 0 unspecified atom stereocenters. The van der Waals surface area contributed by atoms with Gasteiger partial charge in [-0.25, -0.2) is 0 Å².